The van der Waals surface area contributed by atoms with E-state index < -0.39 is 5.66 Å². The Morgan fingerprint density at radius 1 is 1.00 bits per heavy atom. The van der Waals surface area contributed by atoms with E-state index in [-0.39, 0.29) is 5.91 Å². The molecule has 132 valence electrons. The Morgan fingerprint density at radius 2 is 1.65 bits per heavy atom. The maximum absolute atomic E-state index is 13.3. The van der Waals surface area contributed by atoms with E-state index in [1.165, 1.54) is 6.42 Å². The van der Waals surface area contributed by atoms with Gasteiger partial charge in [-0.1, -0.05) is 60.6 Å². The van der Waals surface area contributed by atoms with E-state index in [1.807, 2.05) is 54.6 Å². The van der Waals surface area contributed by atoms with Gasteiger partial charge in [-0.2, -0.15) is 0 Å². The van der Waals surface area contributed by atoms with Crippen molar-refractivity contribution in [2.45, 2.75) is 37.8 Å². The number of hydrogen-bond acceptors (Lipinski definition) is 3. The first-order valence-electron chi connectivity index (χ1n) is 8.90. The minimum Gasteiger partial charge on any atom is -0.271 e. The molecule has 2 aromatic carbocycles. The molecule has 1 saturated carbocycles. The second-order valence-electron chi connectivity index (χ2n) is 6.82. The summed E-state index contributed by atoms with van der Waals surface area (Å²) in [6, 6.07) is 16.8. The number of amides is 1. The third kappa shape index (κ3) is 2.97. The molecule has 1 heterocycles. The highest BCUT2D eigenvalue weighted by atomic mass is 35.5. The monoisotopic (exact) mass is 382 g/mol. The summed E-state index contributed by atoms with van der Waals surface area (Å²) in [5.74, 6) is -0.0646. The Morgan fingerprint density at radius 3 is 2.31 bits per heavy atom. The summed E-state index contributed by atoms with van der Waals surface area (Å²) >= 11 is 11.8. The fourth-order valence-electron chi connectivity index (χ4n) is 3.84. The van der Waals surface area contributed by atoms with Crippen LogP contribution >= 0.6 is 23.8 Å². The van der Waals surface area contributed by atoms with Crippen molar-refractivity contribution in [3.05, 3.63) is 70.7 Å². The Labute approximate surface area is 163 Å². The van der Waals surface area contributed by atoms with Gasteiger partial charge in [-0.05, 0) is 49.9 Å². The molecule has 0 atom stereocenters. The molecule has 0 saturated heterocycles. The lowest BCUT2D eigenvalue weighted by Gasteiger charge is -2.38. The van der Waals surface area contributed by atoms with E-state index in [0.717, 1.165) is 37.0 Å². The second kappa shape index (κ2) is 6.93. The number of halogens is 1. The van der Waals surface area contributed by atoms with Gasteiger partial charge in [0.2, 0.25) is 0 Å². The molecule has 0 aromatic heterocycles. The fourth-order valence-corrected chi connectivity index (χ4v) is 4.38. The highest BCUT2D eigenvalue weighted by molar-refractivity contribution is 7.82. The third-order valence-electron chi connectivity index (χ3n) is 5.14. The van der Waals surface area contributed by atoms with E-state index in [0.29, 0.717) is 15.6 Å². The van der Waals surface area contributed by atoms with Crippen LogP contribution in [-0.2, 0) is 0 Å². The van der Waals surface area contributed by atoms with Crippen molar-refractivity contribution >= 4 is 40.4 Å². The lowest BCUT2D eigenvalue weighted by Crippen LogP contribution is -2.50. The van der Waals surface area contributed by atoms with E-state index in [9.17, 15) is 4.79 Å². The van der Waals surface area contributed by atoms with E-state index in [4.69, 9.17) is 28.8 Å². The predicted molar refractivity (Wildman–Crippen MR) is 109 cm³/mol. The van der Waals surface area contributed by atoms with Crippen molar-refractivity contribution in [2.75, 3.05) is 0 Å². The molecule has 3 nitrogen and oxygen atoms in total. The summed E-state index contributed by atoms with van der Waals surface area (Å²) in [5.41, 5.74) is 1.74. The molecule has 0 radical (unpaired) electrons. The van der Waals surface area contributed by atoms with Crippen LogP contribution in [0.25, 0.3) is 0 Å². The standard InChI is InChI=1S/C21H19ClN2OS/c22-17-11-9-15(10-12-17)18-20(26)24(19(25)16-7-3-1-4-8-16)21(23-18)13-5-2-6-14-21/h1,3-4,7-12H,2,5-6,13-14H2. The quantitative estimate of drug-likeness (QED) is 0.662. The number of carbonyl (C=O) groups is 1. The minimum absolute atomic E-state index is 0.0646. The van der Waals surface area contributed by atoms with Crippen LogP contribution in [0, 0.1) is 0 Å². The fraction of sp³-hybridized carbons (Fsp3) is 0.286. The van der Waals surface area contributed by atoms with Crippen LogP contribution in [0.15, 0.2) is 59.6 Å². The number of aliphatic imine (C=N–C) groups is 1. The highest BCUT2D eigenvalue weighted by Gasteiger charge is 2.48. The first-order valence-corrected chi connectivity index (χ1v) is 9.69. The average Bonchev–Trinajstić information content (AvgIpc) is 2.95. The molecule has 0 N–H and O–H groups in total. The summed E-state index contributed by atoms with van der Waals surface area (Å²) in [6.07, 6.45) is 4.98. The lowest BCUT2D eigenvalue weighted by molar-refractivity contribution is 0.0648. The molecule has 1 aliphatic heterocycles. The molecule has 26 heavy (non-hydrogen) atoms. The highest BCUT2D eigenvalue weighted by Crippen LogP contribution is 2.41. The van der Waals surface area contributed by atoms with Crippen LogP contribution in [0.5, 0.6) is 0 Å². The summed E-state index contributed by atoms with van der Waals surface area (Å²) in [4.78, 5) is 20.6. The van der Waals surface area contributed by atoms with Gasteiger partial charge >= 0.3 is 0 Å². The normalized spacial score (nSPS) is 18.9. The van der Waals surface area contributed by atoms with Crippen LogP contribution in [0.2, 0.25) is 5.02 Å². The number of rotatable bonds is 2. The van der Waals surface area contributed by atoms with Crippen molar-refractivity contribution in [3.63, 3.8) is 0 Å². The van der Waals surface area contributed by atoms with Crippen molar-refractivity contribution in [3.8, 4) is 0 Å². The van der Waals surface area contributed by atoms with Crippen molar-refractivity contribution in [1.29, 1.82) is 0 Å². The van der Waals surface area contributed by atoms with Gasteiger partial charge in [0.25, 0.3) is 5.91 Å². The van der Waals surface area contributed by atoms with Gasteiger partial charge in [-0.15, -0.1) is 0 Å². The summed E-state index contributed by atoms with van der Waals surface area (Å²) in [6.45, 7) is 0. The van der Waals surface area contributed by atoms with E-state index in [2.05, 4.69) is 0 Å². The van der Waals surface area contributed by atoms with Crippen molar-refractivity contribution < 1.29 is 4.79 Å². The molecule has 1 spiro atoms. The summed E-state index contributed by atoms with van der Waals surface area (Å²) in [7, 11) is 0. The molecule has 1 amide bonds. The van der Waals surface area contributed by atoms with E-state index in [1.54, 1.807) is 4.90 Å². The Bertz CT molecular complexity index is 871. The number of hydrogen-bond donors (Lipinski definition) is 0. The first kappa shape index (κ1) is 17.4. The number of nitrogens with zero attached hydrogens (tertiary/aromatic N) is 2. The topological polar surface area (TPSA) is 32.7 Å². The average molecular weight is 383 g/mol. The molecule has 4 rings (SSSR count). The van der Waals surface area contributed by atoms with Gasteiger partial charge in [0.1, 0.15) is 16.4 Å². The van der Waals surface area contributed by atoms with Crippen LogP contribution in [0.4, 0.5) is 0 Å². The van der Waals surface area contributed by atoms with Crippen molar-refractivity contribution in [1.82, 2.24) is 4.90 Å². The maximum Gasteiger partial charge on any atom is 0.260 e. The van der Waals surface area contributed by atoms with Crippen LogP contribution in [0.3, 0.4) is 0 Å². The van der Waals surface area contributed by atoms with Gasteiger partial charge in [0.15, 0.2) is 0 Å². The molecule has 0 bridgehead atoms. The number of carbonyl (C=O) groups excluding carboxylic acids is 1. The van der Waals surface area contributed by atoms with E-state index >= 15 is 0 Å². The molecule has 5 heteroatoms. The van der Waals surface area contributed by atoms with Crippen LogP contribution in [-0.4, -0.2) is 27.2 Å². The zero-order chi connectivity index (χ0) is 18.1. The molecule has 2 aliphatic rings. The molecular weight excluding hydrogens is 364 g/mol. The van der Waals surface area contributed by atoms with Gasteiger partial charge in [0, 0.05) is 16.1 Å². The van der Waals surface area contributed by atoms with Crippen LogP contribution in [0.1, 0.15) is 48.0 Å². The first-order chi connectivity index (χ1) is 12.6. The van der Waals surface area contributed by atoms with Gasteiger partial charge in [-0.3, -0.25) is 14.7 Å². The Kier molecular flexibility index (Phi) is 4.63. The Hall–Kier alpha value is -2.04. The zero-order valence-electron chi connectivity index (χ0n) is 14.3. The minimum atomic E-state index is -0.544. The second-order valence-corrected chi connectivity index (χ2v) is 7.65. The lowest BCUT2D eigenvalue weighted by atomic mass is 9.88. The molecular formula is C21H19ClN2OS. The Balaban J connectivity index is 1.77. The summed E-state index contributed by atoms with van der Waals surface area (Å²) in [5, 5.41) is 0.669. The smallest absolute Gasteiger partial charge is 0.260 e. The van der Waals surface area contributed by atoms with Gasteiger partial charge in [0.05, 0.1) is 0 Å². The zero-order valence-corrected chi connectivity index (χ0v) is 15.9. The van der Waals surface area contributed by atoms with Crippen LogP contribution < -0.4 is 0 Å². The summed E-state index contributed by atoms with van der Waals surface area (Å²) < 4.78 is 0. The molecule has 1 fully saturated rings. The third-order valence-corrected chi connectivity index (χ3v) is 5.77. The maximum atomic E-state index is 13.3. The largest absolute Gasteiger partial charge is 0.271 e. The van der Waals surface area contributed by atoms with Crippen molar-refractivity contribution in [2.24, 2.45) is 4.99 Å². The predicted octanol–water partition coefficient (Wildman–Crippen LogP) is 5.27. The molecule has 2 aromatic rings. The van der Waals surface area contributed by atoms with Gasteiger partial charge in [-0.25, -0.2) is 0 Å². The molecule has 1 aliphatic carbocycles. The van der Waals surface area contributed by atoms with Gasteiger partial charge < -0.3 is 0 Å². The SMILES string of the molecule is O=C(c1ccccc1)N1C(=S)C(c2ccc(Cl)cc2)=NC12CCCCC2. The molecule has 0 unspecified atom stereocenters. The number of thiocarbonyl (C=S) groups is 1. The number of benzene rings is 2.